The smallest absolute Gasteiger partial charge is 0.253 e. The van der Waals surface area contributed by atoms with Crippen molar-refractivity contribution in [3.63, 3.8) is 0 Å². The third-order valence-electron chi connectivity index (χ3n) is 3.49. The Morgan fingerprint density at radius 1 is 1.42 bits per heavy atom. The fraction of sp³-hybridized carbons (Fsp3) is 0.538. The SMILES string of the molecule is CS(=O)(=O)[C@@H]1CCC[C@@H](NC(=O)c2cccnc2)C1. The number of aromatic nitrogens is 1. The molecule has 19 heavy (non-hydrogen) atoms. The Morgan fingerprint density at radius 2 is 2.21 bits per heavy atom. The number of rotatable bonds is 3. The van der Waals surface area contributed by atoms with Gasteiger partial charge in [0, 0.05) is 24.7 Å². The molecule has 1 amide bonds. The summed E-state index contributed by atoms with van der Waals surface area (Å²) in [6.07, 6.45) is 7.24. The number of pyridine rings is 1. The summed E-state index contributed by atoms with van der Waals surface area (Å²) in [5, 5.41) is 2.56. The summed E-state index contributed by atoms with van der Waals surface area (Å²) >= 11 is 0. The lowest BCUT2D eigenvalue weighted by atomic mass is 9.95. The Kier molecular flexibility index (Phi) is 4.19. The Hall–Kier alpha value is -1.43. The molecule has 1 N–H and O–H groups in total. The number of carbonyl (C=O) groups excluding carboxylic acids is 1. The van der Waals surface area contributed by atoms with Crippen molar-refractivity contribution in [3.05, 3.63) is 30.1 Å². The quantitative estimate of drug-likeness (QED) is 0.903. The van der Waals surface area contributed by atoms with Crippen molar-refractivity contribution in [2.24, 2.45) is 0 Å². The molecular formula is C13H18N2O3S. The molecule has 5 nitrogen and oxygen atoms in total. The Balaban J connectivity index is 1.98. The normalized spacial score (nSPS) is 23.8. The summed E-state index contributed by atoms with van der Waals surface area (Å²) in [6, 6.07) is 3.33. The first kappa shape index (κ1) is 14.0. The van der Waals surface area contributed by atoms with Gasteiger partial charge in [0.15, 0.2) is 0 Å². The molecule has 0 spiro atoms. The van der Waals surface area contributed by atoms with E-state index in [2.05, 4.69) is 10.3 Å². The predicted molar refractivity (Wildman–Crippen MR) is 72.6 cm³/mol. The zero-order valence-corrected chi connectivity index (χ0v) is 11.7. The van der Waals surface area contributed by atoms with Crippen molar-refractivity contribution in [2.45, 2.75) is 37.0 Å². The van der Waals surface area contributed by atoms with Gasteiger partial charge < -0.3 is 5.32 Å². The molecule has 0 aliphatic heterocycles. The topological polar surface area (TPSA) is 76.1 Å². The van der Waals surface area contributed by atoms with E-state index in [1.807, 2.05) is 0 Å². The van der Waals surface area contributed by atoms with Crippen LogP contribution in [0.5, 0.6) is 0 Å². The molecule has 1 aliphatic carbocycles. The highest BCUT2D eigenvalue weighted by atomic mass is 32.2. The van der Waals surface area contributed by atoms with Crippen LogP contribution in [-0.2, 0) is 9.84 Å². The molecule has 2 rings (SSSR count). The van der Waals surface area contributed by atoms with E-state index < -0.39 is 9.84 Å². The van der Waals surface area contributed by atoms with Gasteiger partial charge in [-0.15, -0.1) is 0 Å². The van der Waals surface area contributed by atoms with Crippen LogP contribution in [0.1, 0.15) is 36.0 Å². The van der Waals surface area contributed by atoms with Gasteiger partial charge >= 0.3 is 0 Å². The number of sulfone groups is 1. The van der Waals surface area contributed by atoms with Gasteiger partial charge in [-0.25, -0.2) is 8.42 Å². The van der Waals surface area contributed by atoms with Crippen LogP contribution in [0.2, 0.25) is 0 Å². The van der Waals surface area contributed by atoms with Crippen LogP contribution in [0.25, 0.3) is 0 Å². The molecule has 1 heterocycles. The molecule has 1 fully saturated rings. The van der Waals surface area contributed by atoms with E-state index in [4.69, 9.17) is 0 Å². The lowest BCUT2D eigenvalue weighted by Crippen LogP contribution is -2.41. The fourth-order valence-corrected chi connectivity index (χ4v) is 3.61. The van der Waals surface area contributed by atoms with E-state index in [9.17, 15) is 13.2 Å². The van der Waals surface area contributed by atoms with Crippen LogP contribution in [0, 0.1) is 0 Å². The summed E-state index contributed by atoms with van der Waals surface area (Å²) in [7, 11) is -3.02. The van der Waals surface area contributed by atoms with Crippen molar-refractivity contribution in [1.29, 1.82) is 0 Å². The molecule has 1 saturated carbocycles. The van der Waals surface area contributed by atoms with Crippen LogP contribution < -0.4 is 5.32 Å². The minimum absolute atomic E-state index is 0.0684. The average Bonchev–Trinajstić information content (AvgIpc) is 2.39. The molecule has 6 heteroatoms. The second kappa shape index (κ2) is 5.69. The molecule has 0 bridgehead atoms. The van der Waals surface area contributed by atoms with Crippen LogP contribution in [0.15, 0.2) is 24.5 Å². The van der Waals surface area contributed by atoms with Gasteiger partial charge in [-0.05, 0) is 31.4 Å². The first-order valence-corrected chi connectivity index (χ1v) is 8.32. The highest BCUT2D eigenvalue weighted by molar-refractivity contribution is 7.91. The summed E-state index contributed by atoms with van der Waals surface area (Å²) in [4.78, 5) is 15.9. The number of hydrogen-bond acceptors (Lipinski definition) is 4. The minimum Gasteiger partial charge on any atom is -0.349 e. The van der Waals surface area contributed by atoms with E-state index in [1.54, 1.807) is 18.3 Å². The number of nitrogens with zero attached hydrogens (tertiary/aromatic N) is 1. The van der Waals surface area contributed by atoms with E-state index in [-0.39, 0.29) is 17.2 Å². The standard InChI is InChI=1S/C13H18N2O3S/c1-19(17,18)12-6-2-5-11(8-12)15-13(16)10-4-3-7-14-9-10/h3-4,7,9,11-12H,2,5-6,8H2,1H3,(H,15,16)/t11-,12-/m1/s1. The second-order valence-electron chi connectivity index (χ2n) is 5.03. The van der Waals surface area contributed by atoms with Crippen molar-refractivity contribution in [2.75, 3.05) is 6.26 Å². The maximum atomic E-state index is 12.0. The van der Waals surface area contributed by atoms with Crippen LogP contribution in [0.4, 0.5) is 0 Å². The maximum absolute atomic E-state index is 12.0. The summed E-state index contributed by atoms with van der Waals surface area (Å²) in [5.41, 5.74) is 0.504. The van der Waals surface area contributed by atoms with Crippen molar-refractivity contribution < 1.29 is 13.2 Å². The summed E-state index contributed by atoms with van der Waals surface area (Å²) in [6.45, 7) is 0. The average molecular weight is 282 g/mol. The van der Waals surface area contributed by atoms with Gasteiger partial charge in [-0.3, -0.25) is 9.78 Å². The third kappa shape index (κ3) is 3.76. The van der Waals surface area contributed by atoms with Gasteiger partial charge in [-0.2, -0.15) is 0 Å². The highest BCUT2D eigenvalue weighted by Gasteiger charge is 2.29. The predicted octanol–water partition coefficient (Wildman–Crippen LogP) is 1.17. The van der Waals surface area contributed by atoms with Gasteiger partial charge in [0.1, 0.15) is 9.84 Å². The molecule has 1 aliphatic rings. The minimum atomic E-state index is -3.02. The number of amides is 1. The number of carbonyl (C=O) groups is 1. The second-order valence-corrected chi connectivity index (χ2v) is 7.36. The van der Waals surface area contributed by atoms with Crippen LogP contribution in [0.3, 0.4) is 0 Å². The molecule has 0 aromatic carbocycles. The van der Waals surface area contributed by atoms with E-state index in [0.717, 1.165) is 12.8 Å². The zero-order chi connectivity index (χ0) is 13.9. The van der Waals surface area contributed by atoms with Crippen LogP contribution in [-0.4, -0.2) is 36.9 Å². The van der Waals surface area contributed by atoms with E-state index in [0.29, 0.717) is 18.4 Å². The Bertz CT molecular complexity index is 542. The van der Waals surface area contributed by atoms with E-state index >= 15 is 0 Å². The molecule has 1 aromatic rings. The molecule has 0 radical (unpaired) electrons. The van der Waals surface area contributed by atoms with Crippen molar-refractivity contribution in [1.82, 2.24) is 10.3 Å². The molecule has 1 aromatic heterocycles. The molecule has 0 unspecified atom stereocenters. The monoisotopic (exact) mass is 282 g/mol. The third-order valence-corrected chi connectivity index (χ3v) is 5.13. The highest BCUT2D eigenvalue weighted by Crippen LogP contribution is 2.24. The lowest BCUT2D eigenvalue weighted by Gasteiger charge is -2.28. The van der Waals surface area contributed by atoms with Gasteiger partial charge in [0.2, 0.25) is 0 Å². The Morgan fingerprint density at radius 3 is 2.84 bits per heavy atom. The summed E-state index contributed by atoms with van der Waals surface area (Å²) < 4.78 is 23.1. The Labute approximate surface area is 113 Å². The van der Waals surface area contributed by atoms with Gasteiger partial charge in [-0.1, -0.05) is 6.42 Å². The largest absolute Gasteiger partial charge is 0.349 e. The summed E-state index contributed by atoms with van der Waals surface area (Å²) in [5.74, 6) is -0.188. The molecule has 2 atom stereocenters. The fourth-order valence-electron chi connectivity index (χ4n) is 2.43. The first-order valence-electron chi connectivity index (χ1n) is 6.36. The molecule has 0 saturated heterocycles. The van der Waals surface area contributed by atoms with Crippen molar-refractivity contribution in [3.8, 4) is 0 Å². The molecule has 104 valence electrons. The van der Waals surface area contributed by atoms with E-state index in [1.165, 1.54) is 12.5 Å². The zero-order valence-electron chi connectivity index (χ0n) is 10.9. The lowest BCUT2D eigenvalue weighted by molar-refractivity contribution is 0.0927. The van der Waals surface area contributed by atoms with Crippen LogP contribution >= 0.6 is 0 Å². The van der Waals surface area contributed by atoms with Gasteiger partial charge in [0.05, 0.1) is 10.8 Å². The number of nitrogens with one attached hydrogen (secondary N) is 1. The van der Waals surface area contributed by atoms with Crippen molar-refractivity contribution >= 4 is 15.7 Å². The number of hydrogen-bond donors (Lipinski definition) is 1. The molecular weight excluding hydrogens is 264 g/mol. The maximum Gasteiger partial charge on any atom is 0.253 e. The van der Waals surface area contributed by atoms with Gasteiger partial charge in [0.25, 0.3) is 5.91 Å². The first-order chi connectivity index (χ1) is 8.97.